The lowest BCUT2D eigenvalue weighted by Gasteiger charge is -2.10. The molecule has 0 fully saturated rings. The number of rotatable bonds is 6. The summed E-state index contributed by atoms with van der Waals surface area (Å²) in [6.45, 7) is 1.61. The molecule has 23 heavy (non-hydrogen) atoms. The molecule has 0 spiro atoms. The van der Waals surface area contributed by atoms with Gasteiger partial charge in [0.2, 0.25) is 0 Å². The Morgan fingerprint density at radius 2 is 1.65 bits per heavy atom. The first-order valence-corrected chi connectivity index (χ1v) is 7.04. The standard InChI is InChI=1S/C18H18O5/c1-12-4-6-13(7-5-12)16(19)11-23-18(20)15-9-8-14(21-2)10-17(15)22-3/h4-10H,11H2,1-3H3. The van der Waals surface area contributed by atoms with Crippen LogP contribution in [0, 0.1) is 6.92 Å². The summed E-state index contributed by atoms with van der Waals surface area (Å²) in [5.74, 6) is 0.0158. The van der Waals surface area contributed by atoms with Gasteiger partial charge in [0.1, 0.15) is 17.1 Å². The van der Waals surface area contributed by atoms with Gasteiger partial charge in [0.15, 0.2) is 12.4 Å². The van der Waals surface area contributed by atoms with Gasteiger partial charge in [-0.05, 0) is 19.1 Å². The van der Waals surface area contributed by atoms with Crippen LogP contribution in [0.5, 0.6) is 11.5 Å². The molecule has 0 unspecified atom stereocenters. The van der Waals surface area contributed by atoms with Gasteiger partial charge in [-0.2, -0.15) is 0 Å². The fourth-order valence-electron chi connectivity index (χ4n) is 2.00. The maximum absolute atomic E-state index is 12.1. The van der Waals surface area contributed by atoms with Gasteiger partial charge in [0, 0.05) is 11.6 Å². The van der Waals surface area contributed by atoms with E-state index in [9.17, 15) is 9.59 Å². The molecule has 0 N–H and O–H groups in total. The van der Waals surface area contributed by atoms with Crippen LogP contribution in [-0.2, 0) is 4.74 Å². The molecule has 0 aliphatic rings. The molecular weight excluding hydrogens is 296 g/mol. The van der Waals surface area contributed by atoms with E-state index < -0.39 is 5.97 Å². The largest absolute Gasteiger partial charge is 0.497 e. The topological polar surface area (TPSA) is 61.8 Å². The number of ether oxygens (including phenoxy) is 3. The van der Waals surface area contributed by atoms with E-state index in [2.05, 4.69) is 0 Å². The predicted molar refractivity (Wildman–Crippen MR) is 85.3 cm³/mol. The van der Waals surface area contributed by atoms with Crippen LogP contribution < -0.4 is 9.47 Å². The number of benzene rings is 2. The van der Waals surface area contributed by atoms with E-state index >= 15 is 0 Å². The lowest BCUT2D eigenvalue weighted by molar-refractivity contribution is 0.0471. The molecule has 0 amide bonds. The predicted octanol–water partition coefficient (Wildman–Crippen LogP) is 3.05. The van der Waals surface area contributed by atoms with Gasteiger partial charge in [0.25, 0.3) is 0 Å². The number of carbonyl (C=O) groups excluding carboxylic acids is 2. The summed E-state index contributed by atoms with van der Waals surface area (Å²) >= 11 is 0. The minimum Gasteiger partial charge on any atom is -0.497 e. The van der Waals surface area contributed by atoms with E-state index in [4.69, 9.17) is 14.2 Å². The Labute approximate surface area is 134 Å². The van der Waals surface area contributed by atoms with E-state index in [0.29, 0.717) is 17.1 Å². The number of carbonyl (C=O) groups is 2. The number of hydrogen-bond acceptors (Lipinski definition) is 5. The van der Waals surface area contributed by atoms with E-state index in [1.54, 1.807) is 24.3 Å². The third kappa shape index (κ3) is 4.10. The first-order chi connectivity index (χ1) is 11.0. The Morgan fingerprint density at radius 3 is 2.26 bits per heavy atom. The summed E-state index contributed by atoms with van der Waals surface area (Å²) in [7, 11) is 2.97. The molecule has 0 aromatic heterocycles. The van der Waals surface area contributed by atoms with Crippen LogP contribution in [-0.4, -0.2) is 32.6 Å². The fraction of sp³-hybridized carbons (Fsp3) is 0.222. The summed E-state index contributed by atoms with van der Waals surface area (Å²) in [5.41, 5.74) is 1.80. The second-order valence-corrected chi connectivity index (χ2v) is 4.93. The second kappa shape index (κ2) is 7.45. The highest BCUT2D eigenvalue weighted by Crippen LogP contribution is 2.25. The van der Waals surface area contributed by atoms with Crippen LogP contribution in [0.4, 0.5) is 0 Å². The Hall–Kier alpha value is -2.82. The zero-order valence-corrected chi connectivity index (χ0v) is 13.3. The normalized spacial score (nSPS) is 10.0. The van der Waals surface area contributed by atoms with Crippen molar-refractivity contribution in [3.63, 3.8) is 0 Å². The number of hydrogen-bond donors (Lipinski definition) is 0. The van der Waals surface area contributed by atoms with Crippen LogP contribution in [0.15, 0.2) is 42.5 Å². The monoisotopic (exact) mass is 314 g/mol. The minimum atomic E-state index is -0.620. The van der Waals surface area contributed by atoms with Gasteiger partial charge >= 0.3 is 5.97 Å². The Kier molecular flexibility index (Phi) is 5.36. The molecule has 2 rings (SSSR count). The molecule has 0 heterocycles. The lowest BCUT2D eigenvalue weighted by Crippen LogP contribution is -2.15. The minimum absolute atomic E-state index is 0.241. The maximum Gasteiger partial charge on any atom is 0.342 e. The highest BCUT2D eigenvalue weighted by atomic mass is 16.5. The molecule has 2 aromatic rings. The third-order valence-corrected chi connectivity index (χ3v) is 3.34. The average molecular weight is 314 g/mol. The van der Waals surface area contributed by atoms with Crippen molar-refractivity contribution in [2.45, 2.75) is 6.92 Å². The van der Waals surface area contributed by atoms with E-state index in [0.717, 1.165) is 5.56 Å². The van der Waals surface area contributed by atoms with Crippen molar-refractivity contribution >= 4 is 11.8 Å². The molecule has 2 aromatic carbocycles. The highest BCUT2D eigenvalue weighted by Gasteiger charge is 2.16. The van der Waals surface area contributed by atoms with Crippen LogP contribution in [0.2, 0.25) is 0 Å². The molecule has 5 nitrogen and oxygen atoms in total. The van der Waals surface area contributed by atoms with Crippen LogP contribution in [0.3, 0.4) is 0 Å². The van der Waals surface area contributed by atoms with Crippen molar-refractivity contribution in [3.05, 3.63) is 59.2 Å². The third-order valence-electron chi connectivity index (χ3n) is 3.34. The number of esters is 1. The molecule has 0 aliphatic heterocycles. The molecule has 0 saturated heterocycles. The molecule has 0 aliphatic carbocycles. The van der Waals surface area contributed by atoms with E-state index in [1.807, 2.05) is 19.1 Å². The van der Waals surface area contributed by atoms with Gasteiger partial charge in [0.05, 0.1) is 14.2 Å². The Morgan fingerprint density at radius 1 is 0.957 bits per heavy atom. The van der Waals surface area contributed by atoms with Gasteiger partial charge in [-0.15, -0.1) is 0 Å². The Bertz CT molecular complexity index is 704. The number of aryl methyl sites for hydroxylation is 1. The number of ketones is 1. The summed E-state index contributed by atoms with van der Waals surface area (Å²) in [6, 6.07) is 11.8. The molecular formula is C18H18O5. The molecule has 0 bridgehead atoms. The fourth-order valence-corrected chi connectivity index (χ4v) is 2.00. The van der Waals surface area contributed by atoms with Crippen molar-refractivity contribution in [1.29, 1.82) is 0 Å². The van der Waals surface area contributed by atoms with Gasteiger partial charge in [-0.3, -0.25) is 4.79 Å². The second-order valence-electron chi connectivity index (χ2n) is 4.93. The van der Waals surface area contributed by atoms with Crippen LogP contribution in [0.25, 0.3) is 0 Å². The SMILES string of the molecule is COc1ccc(C(=O)OCC(=O)c2ccc(C)cc2)c(OC)c1. The van der Waals surface area contributed by atoms with E-state index in [1.165, 1.54) is 20.3 Å². The average Bonchev–Trinajstić information content (AvgIpc) is 2.59. The van der Waals surface area contributed by atoms with Crippen molar-refractivity contribution < 1.29 is 23.8 Å². The highest BCUT2D eigenvalue weighted by molar-refractivity contribution is 6.00. The van der Waals surface area contributed by atoms with Crippen molar-refractivity contribution in [2.75, 3.05) is 20.8 Å². The van der Waals surface area contributed by atoms with Gasteiger partial charge in [-0.25, -0.2) is 4.79 Å². The van der Waals surface area contributed by atoms with Crippen molar-refractivity contribution in [3.8, 4) is 11.5 Å². The summed E-state index contributed by atoms with van der Waals surface area (Å²) in [5, 5.41) is 0. The summed E-state index contributed by atoms with van der Waals surface area (Å²) < 4.78 is 15.3. The number of Topliss-reactive ketones (excluding diaryl/α,β-unsaturated/α-hetero) is 1. The van der Waals surface area contributed by atoms with Gasteiger partial charge in [-0.1, -0.05) is 29.8 Å². The first-order valence-electron chi connectivity index (χ1n) is 7.04. The van der Waals surface area contributed by atoms with Crippen molar-refractivity contribution in [1.82, 2.24) is 0 Å². The lowest BCUT2D eigenvalue weighted by atomic mass is 10.1. The number of methoxy groups -OCH3 is 2. The molecule has 0 atom stereocenters. The maximum atomic E-state index is 12.1. The quantitative estimate of drug-likeness (QED) is 0.606. The zero-order valence-electron chi connectivity index (χ0n) is 13.3. The van der Waals surface area contributed by atoms with E-state index in [-0.39, 0.29) is 18.0 Å². The smallest absolute Gasteiger partial charge is 0.342 e. The van der Waals surface area contributed by atoms with Crippen LogP contribution in [0.1, 0.15) is 26.3 Å². The summed E-state index contributed by atoms with van der Waals surface area (Å²) in [6.07, 6.45) is 0. The summed E-state index contributed by atoms with van der Waals surface area (Å²) in [4.78, 5) is 24.1. The van der Waals surface area contributed by atoms with Crippen molar-refractivity contribution in [2.24, 2.45) is 0 Å². The first kappa shape index (κ1) is 16.5. The molecule has 0 saturated carbocycles. The molecule has 0 radical (unpaired) electrons. The Balaban J connectivity index is 2.04. The zero-order chi connectivity index (χ0) is 16.8. The van der Waals surface area contributed by atoms with Crippen LogP contribution >= 0.6 is 0 Å². The molecule has 120 valence electrons. The molecule has 5 heteroatoms. The van der Waals surface area contributed by atoms with Gasteiger partial charge < -0.3 is 14.2 Å².